The van der Waals surface area contributed by atoms with E-state index in [-0.39, 0.29) is 5.69 Å². The number of amidine groups is 1. The summed E-state index contributed by atoms with van der Waals surface area (Å²) in [7, 11) is 0. The molecule has 0 spiro atoms. The van der Waals surface area contributed by atoms with Crippen LogP contribution in [0.3, 0.4) is 0 Å². The molecule has 0 aliphatic carbocycles. The molecule has 0 saturated heterocycles. The van der Waals surface area contributed by atoms with E-state index in [2.05, 4.69) is 10.5 Å². The molecule has 100 valence electrons. The van der Waals surface area contributed by atoms with Gasteiger partial charge in [0.1, 0.15) is 6.07 Å². The first-order chi connectivity index (χ1) is 8.75. The van der Waals surface area contributed by atoms with Crippen LogP contribution in [0.2, 0.25) is 5.02 Å². The van der Waals surface area contributed by atoms with Crippen LogP contribution in [-0.4, -0.2) is 11.5 Å². The predicted molar refractivity (Wildman–Crippen MR) is 65.0 cm³/mol. The number of hydrazone groups is 1. The first-order valence-electron chi connectivity index (χ1n) is 4.70. The lowest BCUT2D eigenvalue weighted by atomic mass is 10.2. The van der Waals surface area contributed by atoms with E-state index in [1.807, 2.05) is 0 Å². The molecule has 4 N–H and O–H groups in total. The van der Waals surface area contributed by atoms with E-state index >= 15 is 0 Å². The average Bonchev–Trinajstić information content (AvgIpc) is 2.27. The summed E-state index contributed by atoms with van der Waals surface area (Å²) in [5.41, 5.74) is 6.09. The number of nitrogens with zero attached hydrogens (tertiary/aromatic N) is 2. The number of halogens is 4. The lowest BCUT2D eigenvalue weighted by Gasteiger charge is -2.10. The molecule has 0 heterocycles. The summed E-state index contributed by atoms with van der Waals surface area (Å²) >= 11 is 5.49. The Morgan fingerprint density at radius 3 is 2.53 bits per heavy atom. The maximum Gasteiger partial charge on any atom is 0.417 e. The van der Waals surface area contributed by atoms with Crippen LogP contribution in [0.25, 0.3) is 0 Å². The van der Waals surface area contributed by atoms with Gasteiger partial charge in [-0.2, -0.15) is 23.5 Å². The standard InChI is InChI=1S/C10H7ClF3N5/c11-7-3-5(1-2-6(7)10(12,13)14)18-19-8(4-15)9(16)17/h1-3,18H,(H3,16,17)/b19-8+. The third kappa shape index (κ3) is 3.86. The average molecular weight is 290 g/mol. The van der Waals surface area contributed by atoms with Gasteiger partial charge in [0, 0.05) is 0 Å². The summed E-state index contributed by atoms with van der Waals surface area (Å²) in [6.45, 7) is 0. The summed E-state index contributed by atoms with van der Waals surface area (Å²) in [5, 5.41) is 18.5. The first kappa shape index (κ1) is 14.8. The normalized spacial score (nSPS) is 11.8. The van der Waals surface area contributed by atoms with E-state index in [1.165, 1.54) is 0 Å². The molecule has 0 atom stereocenters. The minimum Gasteiger partial charge on any atom is -0.382 e. The van der Waals surface area contributed by atoms with Gasteiger partial charge in [0.15, 0.2) is 5.84 Å². The molecule has 5 nitrogen and oxygen atoms in total. The minimum atomic E-state index is -4.55. The number of alkyl halides is 3. The second-order valence-corrected chi connectivity index (χ2v) is 3.70. The van der Waals surface area contributed by atoms with E-state index in [9.17, 15) is 13.2 Å². The number of hydrogen-bond acceptors (Lipinski definition) is 4. The van der Waals surface area contributed by atoms with Gasteiger partial charge in [-0.3, -0.25) is 10.8 Å². The molecule has 0 radical (unpaired) electrons. The fourth-order valence-electron chi connectivity index (χ4n) is 1.08. The first-order valence-corrected chi connectivity index (χ1v) is 5.08. The molecule has 1 rings (SSSR count). The minimum absolute atomic E-state index is 0.131. The maximum absolute atomic E-state index is 12.4. The van der Waals surface area contributed by atoms with Crippen LogP contribution in [-0.2, 0) is 6.18 Å². The molecule has 0 saturated carbocycles. The van der Waals surface area contributed by atoms with Crippen LogP contribution in [0.4, 0.5) is 18.9 Å². The summed E-state index contributed by atoms with van der Waals surface area (Å²) < 4.78 is 37.3. The SMILES string of the molecule is N#C/C(=N\Nc1ccc(C(F)(F)F)c(Cl)c1)C(=N)N. The van der Waals surface area contributed by atoms with Crippen LogP contribution in [0.5, 0.6) is 0 Å². The van der Waals surface area contributed by atoms with Crippen LogP contribution in [0, 0.1) is 16.7 Å². The van der Waals surface area contributed by atoms with Gasteiger partial charge in [-0.1, -0.05) is 11.6 Å². The molecule has 0 aromatic heterocycles. The highest BCUT2D eigenvalue weighted by atomic mass is 35.5. The Balaban J connectivity index is 2.98. The summed E-state index contributed by atoms with van der Waals surface area (Å²) in [6, 6.07) is 4.42. The van der Waals surface area contributed by atoms with Gasteiger partial charge in [-0.15, -0.1) is 0 Å². The summed E-state index contributed by atoms with van der Waals surface area (Å²) in [5.74, 6) is -0.562. The van der Waals surface area contributed by atoms with Crippen molar-refractivity contribution in [2.24, 2.45) is 10.8 Å². The van der Waals surface area contributed by atoms with Gasteiger partial charge in [0.2, 0.25) is 5.71 Å². The largest absolute Gasteiger partial charge is 0.417 e. The van der Waals surface area contributed by atoms with E-state index in [1.54, 1.807) is 6.07 Å². The zero-order valence-corrected chi connectivity index (χ0v) is 9.97. The molecule has 0 bridgehead atoms. The van der Waals surface area contributed by atoms with Gasteiger partial charge in [0.25, 0.3) is 0 Å². The summed E-state index contributed by atoms with van der Waals surface area (Å²) in [4.78, 5) is 0. The van der Waals surface area contributed by atoms with E-state index in [0.717, 1.165) is 18.2 Å². The zero-order chi connectivity index (χ0) is 14.6. The molecule has 19 heavy (non-hydrogen) atoms. The van der Waals surface area contributed by atoms with Crippen LogP contribution in [0.1, 0.15) is 5.56 Å². The highest BCUT2D eigenvalue weighted by Crippen LogP contribution is 2.35. The van der Waals surface area contributed by atoms with Gasteiger partial charge in [0.05, 0.1) is 16.3 Å². The molecular formula is C10H7ClF3N5. The van der Waals surface area contributed by atoms with Gasteiger partial charge in [-0.25, -0.2) is 0 Å². The number of hydrogen-bond donors (Lipinski definition) is 3. The van der Waals surface area contributed by atoms with Crippen molar-refractivity contribution in [1.82, 2.24) is 0 Å². The highest BCUT2D eigenvalue weighted by Gasteiger charge is 2.32. The van der Waals surface area contributed by atoms with Crippen molar-refractivity contribution in [1.29, 1.82) is 10.7 Å². The molecular weight excluding hydrogens is 283 g/mol. The van der Waals surface area contributed by atoms with Crippen LogP contribution in [0.15, 0.2) is 23.3 Å². The Morgan fingerprint density at radius 1 is 1.47 bits per heavy atom. The van der Waals surface area contributed by atoms with Crippen LogP contribution >= 0.6 is 11.6 Å². The van der Waals surface area contributed by atoms with Gasteiger partial charge < -0.3 is 5.73 Å². The van der Waals surface area contributed by atoms with Crippen molar-refractivity contribution in [3.63, 3.8) is 0 Å². The lowest BCUT2D eigenvalue weighted by Crippen LogP contribution is -2.21. The fourth-order valence-corrected chi connectivity index (χ4v) is 1.37. The lowest BCUT2D eigenvalue weighted by molar-refractivity contribution is -0.137. The number of nitriles is 1. The smallest absolute Gasteiger partial charge is 0.382 e. The third-order valence-electron chi connectivity index (χ3n) is 1.93. The highest BCUT2D eigenvalue weighted by molar-refractivity contribution is 6.45. The van der Waals surface area contributed by atoms with Crippen LogP contribution < -0.4 is 11.2 Å². The monoisotopic (exact) mass is 289 g/mol. The fraction of sp³-hybridized carbons (Fsp3) is 0.100. The van der Waals surface area contributed by atoms with Crippen molar-refractivity contribution in [3.05, 3.63) is 28.8 Å². The Labute approximate surface area is 111 Å². The second-order valence-electron chi connectivity index (χ2n) is 3.29. The number of rotatable bonds is 3. The number of nitrogens with one attached hydrogen (secondary N) is 2. The van der Waals surface area contributed by atoms with Crippen molar-refractivity contribution in [2.75, 3.05) is 5.43 Å². The Morgan fingerprint density at radius 2 is 2.11 bits per heavy atom. The quantitative estimate of drug-likeness (QED) is 0.453. The topological polar surface area (TPSA) is 98.0 Å². The Bertz CT molecular complexity index is 574. The van der Waals surface area contributed by atoms with E-state index < -0.39 is 28.3 Å². The van der Waals surface area contributed by atoms with Gasteiger partial charge in [-0.05, 0) is 18.2 Å². The van der Waals surface area contributed by atoms with Gasteiger partial charge >= 0.3 is 6.18 Å². The van der Waals surface area contributed by atoms with Crippen molar-refractivity contribution < 1.29 is 13.2 Å². The zero-order valence-electron chi connectivity index (χ0n) is 9.22. The molecule has 0 amide bonds. The second kappa shape index (κ2) is 5.58. The summed E-state index contributed by atoms with van der Waals surface area (Å²) in [6.07, 6.45) is -4.55. The third-order valence-corrected chi connectivity index (χ3v) is 2.25. The molecule has 1 aromatic rings. The van der Waals surface area contributed by atoms with Crippen molar-refractivity contribution in [3.8, 4) is 6.07 Å². The number of nitrogens with two attached hydrogens (primary N) is 1. The van der Waals surface area contributed by atoms with Crippen molar-refractivity contribution in [2.45, 2.75) is 6.18 Å². The molecule has 0 aliphatic rings. The Kier molecular flexibility index (Phi) is 4.34. The molecule has 0 aliphatic heterocycles. The number of benzene rings is 1. The van der Waals surface area contributed by atoms with E-state index in [4.69, 9.17) is 28.0 Å². The molecule has 0 unspecified atom stereocenters. The molecule has 1 aromatic carbocycles. The molecule has 9 heteroatoms. The maximum atomic E-state index is 12.4. The van der Waals surface area contributed by atoms with Crippen molar-refractivity contribution >= 4 is 28.8 Å². The van der Waals surface area contributed by atoms with E-state index in [0.29, 0.717) is 0 Å². The molecule has 0 fully saturated rings. The number of anilines is 1. The predicted octanol–water partition coefficient (Wildman–Crippen LogP) is 2.59. The Hall–Kier alpha value is -2.27.